The Morgan fingerprint density at radius 1 is 0.318 bits per heavy atom. The molecule has 0 spiro atoms. The number of unbranched alkanes of at least 4 members (excludes halogenated alkanes) is 34. The van der Waals surface area contributed by atoms with Gasteiger partial charge in [0.15, 0.2) is 0 Å². The predicted molar refractivity (Wildman–Crippen MR) is 202 cm³/mol. The average molecular weight is 698 g/mol. The van der Waals surface area contributed by atoms with Gasteiger partial charge in [-0.15, -0.1) is 33.2 Å². The quantitative estimate of drug-likeness (QED) is 0.0396. The van der Waals surface area contributed by atoms with Crippen molar-refractivity contribution in [1.82, 2.24) is 0 Å². The van der Waals surface area contributed by atoms with Crippen LogP contribution in [0.3, 0.4) is 0 Å². The van der Waals surface area contributed by atoms with Crippen LogP contribution in [0.4, 0.5) is 0 Å². The highest BCUT2D eigenvalue weighted by Gasteiger charge is 2.23. The van der Waals surface area contributed by atoms with Gasteiger partial charge in [-0.05, 0) is 12.5 Å². The Bertz CT molecular complexity index is 571. The van der Waals surface area contributed by atoms with E-state index in [4.69, 9.17) is 38.3 Å². The van der Waals surface area contributed by atoms with Crippen molar-refractivity contribution in [2.45, 2.75) is 237 Å². The zero-order valence-corrected chi connectivity index (χ0v) is 32.4. The lowest BCUT2D eigenvalue weighted by Crippen LogP contribution is -2.07. The molecule has 0 aromatic carbocycles. The summed E-state index contributed by atoms with van der Waals surface area (Å²) in [5, 5.41) is 8.64. The molecule has 0 aromatic heterocycles. The van der Waals surface area contributed by atoms with Crippen LogP contribution in [0.5, 0.6) is 0 Å². The van der Waals surface area contributed by atoms with Gasteiger partial charge >= 0.3 is 12.0 Å². The van der Waals surface area contributed by atoms with Crippen LogP contribution in [0.1, 0.15) is 231 Å². The summed E-state index contributed by atoms with van der Waals surface area (Å²) in [6.07, 6.45) is 48.5. The summed E-state index contributed by atoms with van der Waals surface area (Å²) in [6, 6.07) is -1.55. The van der Waals surface area contributed by atoms with Crippen molar-refractivity contribution in [3.63, 3.8) is 0 Å². The van der Waals surface area contributed by atoms with E-state index in [0.29, 0.717) is 6.42 Å². The van der Waals surface area contributed by atoms with E-state index in [2.05, 4.69) is 0 Å². The second-order valence-corrected chi connectivity index (χ2v) is 23.2. The normalized spacial score (nSPS) is 11.9. The highest BCUT2D eigenvalue weighted by Crippen LogP contribution is 2.27. The van der Waals surface area contributed by atoms with Gasteiger partial charge in [0.25, 0.3) is 0 Å². The van der Waals surface area contributed by atoms with Gasteiger partial charge in [-0.2, -0.15) is 0 Å². The maximum absolute atomic E-state index is 10.5. The number of rotatable bonds is 38. The first-order chi connectivity index (χ1) is 21.4. The van der Waals surface area contributed by atoms with E-state index in [0.717, 1.165) is 25.3 Å². The Morgan fingerprint density at radius 2 is 0.477 bits per heavy atom. The lowest BCUT2D eigenvalue weighted by atomic mass is 10.0. The van der Waals surface area contributed by atoms with E-state index in [-0.39, 0.29) is 0 Å². The van der Waals surface area contributed by atoms with Gasteiger partial charge in [0.1, 0.15) is 0 Å². The summed E-state index contributed by atoms with van der Waals surface area (Å²) >= 11 is 17.8. The van der Waals surface area contributed by atoms with E-state index in [9.17, 15) is 4.79 Å². The molecular weight excluding hydrogens is 623 g/mol. The fourth-order valence-corrected chi connectivity index (χ4v) is 8.29. The summed E-state index contributed by atoms with van der Waals surface area (Å²) in [5.74, 6) is -0.651. The molecule has 0 fully saturated rings. The molecule has 0 atom stereocenters. The molecule has 0 unspecified atom stereocenters. The first-order valence-corrected chi connectivity index (χ1v) is 24.9. The Kier molecular flexibility index (Phi) is 36.9. The number of carbonyl (C=O) groups is 1. The molecule has 6 heteroatoms. The molecule has 0 amide bonds. The van der Waals surface area contributed by atoms with Gasteiger partial charge in [0.2, 0.25) is 0 Å². The summed E-state index contributed by atoms with van der Waals surface area (Å²) in [7, 11) is 0. The molecular formula is C38H75Cl3O2Si. The van der Waals surface area contributed by atoms with E-state index >= 15 is 0 Å². The molecule has 2 nitrogen and oxygen atoms in total. The van der Waals surface area contributed by atoms with Crippen LogP contribution in [-0.4, -0.2) is 17.1 Å². The number of carboxylic acids is 1. The van der Waals surface area contributed by atoms with Crippen LogP contribution in [0.25, 0.3) is 0 Å². The van der Waals surface area contributed by atoms with E-state index < -0.39 is 12.0 Å². The Balaban J connectivity index is 3.06. The number of hydrogen-bond acceptors (Lipinski definition) is 1. The Labute approximate surface area is 291 Å². The summed E-state index contributed by atoms with van der Waals surface area (Å²) < 4.78 is 0. The van der Waals surface area contributed by atoms with Crippen LogP contribution in [-0.2, 0) is 4.79 Å². The molecule has 0 aliphatic rings. The molecule has 44 heavy (non-hydrogen) atoms. The van der Waals surface area contributed by atoms with E-state index in [1.54, 1.807) is 0 Å². The fourth-order valence-electron chi connectivity index (χ4n) is 6.44. The van der Waals surface area contributed by atoms with Crippen molar-refractivity contribution in [3.05, 3.63) is 0 Å². The van der Waals surface area contributed by atoms with Gasteiger partial charge in [0, 0.05) is 6.42 Å². The van der Waals surface area contributed by atoms with Crippen molar-refractivity contribution in [2.75, 3.05) is 0 Å². The third-order valence-corrected chi connectivity index (χ3v) is 12.0. The van der Waals surface area contributed by atoms with Gasteiger partial charge < -0.3 is 5.11 Å². The van der Waals surface area contributed by atoms with Crippen LogP contribution >= 0.6 is 33.2 Å². The van der Waals surface area contributed by atoms with Gasteiger partial charge in [0.05, 0.1) is 0 Å². The van der Waals surface area contributed by atoms with Crippen molar-refractivity contribution in [3.8, 4) is 0 Å². The molecule has 0 saturated carbocycles. The summed E-state index contributed by atoms with van der Waals surface area (Å²) in [6.45, 7) is 0. The number of halogens is 3. The third kappa shape index (κ3) is 42.6. The van der Waals surface area contributed by atoms with Crippen LogP contribution in [0, 0.1) is 0 Å². The van der Waals surface area contributed by atoms with Crippen molar-refractivity contribution >= 4 is 45.2 Å². The van der Waals surface area contributed by atoms with Crippen LogP contribution < -0.4 is 0 Å². The Morgan fingerprint density at radius 3 is 0.636 bits per heavy atom. The maximum Gasteiger partial charge on any atom is 0.341 e. The first-order valence-electron chi connectivity index (χ1n) is 19.7. The number of hydrogen-bond donors (Lipinski definition) is 1. The van der Waals surface area contributed by atoms with Gasteiger partial charge in [-0.25, -0.2) is 0 Å². The summed E-state index contributed by atoms with van der Waals surface area (Å²) in [4.78, 5) is 10.5. The largest absolute Gasteiger partial charge is 0.481 e. The van der Waals surface area contributed by atoms with Crippen molar-refractivity contribution in [2.24, 2.45) is 0 Å². The summed E-state index contributed by atoms with van der Waals surface area (Å²) in [5.41, 5.74) is 0. The first kappa shape index (κ1) is 44.6. The monoisotopic (exact) mass is 696 g/mol. The second kappa shape index (κ2) is 36.4. The van der Waals surface area contributed by atoms with E-state index in [1.165, 1.54) is 205 Å². The molecule has 0 bridgehead atoms. The van der Waals surface area contributed by atoms with Crippen molar-refractivity contribution < 1.29 is 9.90 Å². The predicted octanol–water partition coefficient (Wildman–Crippen LogP) is 15.8. The lowest BCUT2D eigenvalue weighted by molar-refractivity contribution is -0.137. The third-order valence-electron chi connectivity index (χ3n) is 9.35. The smallest absolute Gasteiger partial charge is 0.341 e. The standard InChI is InChI=1S/C38H75Cl3O2Si/c39-44(40,41)37-35-33-31-29-27-25-23-21-19-17-15-13-11-9-7-5-3-1-2-4-6-8-10-12-14-16-18-20-22-24-26-28-30-32-34-36-38(42)43/h1-37H2,(H,42,43). The second-order valence-electron chi connectivity index (χ2n) is 13.9. The van der Waals surface area contributed by atoms with Crippen LogP contribution in [0.2, 0.25) is 6.04 Å². The molecule has 0 aliphatic heterocycles. The molecule has 0 aromatic rings. The Hall–Kier alpha value is 0.557. The molecule has 264 valence electrons. The average Bonchev–Trinajstić information content (AvgIpc) is 2.98. The number of aliphatic carboxylic acids is 1. The molecule has 0 heterocycles. The maximum atomic E-state index is 10.5. The minimum atomic E-state index is -2.37. The van der Waals surface area contributed by atoms with E-state index in [1.807, 2.05) is 0 Å². The van der Waals surface area contributed by atoms with Gasteiger partial charge in [-0.3, -0.25) is 4.79 Å². The van der Waals surface area contributed by atoms with Crippen LogP contribution in [0.15, 0.2) is 0 Å². The molecule has 0 saturated heterocycles. The fraction of sp³-hybridized carbons (Fsp3) is 0.974. The number of carboxylic acid groups (broad SMARTS) is 1. The lowest BCUT2D eigenvalue weighted by Gasteiger charge is -2.07. The molecule has 0 aliphatic carbocycles. The zero-order valence-electron chi connectivity index (χ0n) is 29.2. The zero-order chi connectivity index (χ0) is 32.2. The highest BCUT2D eigenvalue weighted by molar-refractivity contribution is 7.64. The topological polar surface area (TPSA) is 37.3 Å². The minimum Gasteiger partial charge on any atom is -0.481 e. The minimum absolute atomic E-state index is 0.343. The molecule has 1 N–H and O–H groups in total. The molecule has 0 rings (SSSR count). The highest BCUT2D eigenvalue weighted by atomic mass is 35.8. The SMILES string of the molecule is O=C(O)CCCCCCCCCCCCCCCCCCCCCCCCCCCCCCCCCCCCC[Si](Cl)(Cl)Cl. The van der Waals surface area contributed by atoms with Crippen molar-refractivity contribution in [1.29, 1.82) is 0 Å². The molecule has 0 radical (unpaired) electrons. The van der Waals surface area contributed by atoms with Gasteiger partial charge in [-0.1, -0.05) is 218 Å².